The minimum Gasteiger partial charge on any atom is -0.508 e. The highest BCUT2D eigenvalue weighted by atomic mass is 19.1. The second kappa shape index (κ2) is 19.2. The Bertz CT molecular complexity index is 2270. The van der Waals surface area contributed by atoms with Crippen LogP contribution in [0.5, 0.6) is 11.8 Å². The van der Waals surface area contributed by atoms with Crippen LogP contribution in [0.15, 0.2) is 30.5 Å². The smallest absolute Gasteiger partial charge is 0.319 e. The lowest BCUT2D eigenvalue weighted by Crippen LogP contribution is -2.51. The molecule has 2 aromatic carbocycles. The molecule has 61 heavy (non-hydrogen) atoms. The van der Waals surface area contributed by atoms with E-state index in [2.05, 4.69) is 41.2 Å². The molecule has 0 aliphatic carbocycles. The molecule has 8 rings (SSSR count). The molecular formula is C45H55F2N9O5. The number of phenols is 1. The van der Waals surface area contributed by atoms with E-state index in [-0.39, 0.29) is 57.8 Å². The fraction of sp³-hybridized carbons (Fsp3) is 0.533. The molecule has 4 aromatic rings. The zero-order valence-corrected chi connectivity index (χ0v) is 34.6. The Labute approximate surface area is 354 Å². The average molecular weight is 840 g/mol. The molecule has 4 fully saturated rings. The number of rotatable bonds is 16. The van der Waals surface area contributed by atoms with E-state index in [4.69, 9.17) is 16.1 Å². The van der Waals surface area contributed by atoms with E-state index in [9.17, 15) is 24.2 Å². The van der Waals surface area contributed by atoms with Crippen molar-refractivity contribution in [2.45, 2.75) is 76.0 Å². The van der Waals surface area contributed by atoms with Gasteiger partial charge in [-0.2, -0.15) is 9.97 Å². The van der Waals surface area contributed by atoms with Gasteiger partial charge >= 0.3 is 6.01 Å². The van der Waals surface area contributed by atoms with Gasteiger partial charge in [0.15, 0.2) is 5.82 Å². The molecule has 4 N–H and O–H groups in total. The summed E-state index contributed by atoms with van der Waals surface area (Å²) in [5, 5.41) is 27.7. The molecule has 2 aromatic heterocycles. The number of amides is 2. The highest BCUT2D eigenvalue weighted by molar-refractivity contribution is 6.03. The third-order valence-corrected chi connectivity index (χ3v) is 12.5. The lowest BCUT2D eigenvalue weighted by atomic mass is 9.96. The summed E-state index contributed by atoms with van der Waals surface area (Å²) in [5.74, 6) is 1.18. The molecule has 2 amide bonds. The Morgan fingerprint density at radius 2 is 1.67 bits per heavy atom. The molecule has 16 heteroatoms. The van der Waals surface area contributed by atoms with Gasteiger partial charge in [-0.15, -0.1) is 6.42 Å². The monoisotopic (exact) mass is 839 g/mol. The van der Waals surface area contributed by atoms with Gasteiger partial charge in [0.1, 0.15) is 35.2 Å². The van der Waals surface area contributed by atoms with Gasteiger partial charge in [0.25, 0.3) is 0 Å². The minimum absolute atomic E-state index is 0.00800. The fourth-order valence-corrected chi connectivity index (χ4v) is 9.23. The third-order valence-electron chi connectivity index (χ3n) is 12.5. The molecule has 0 radical (unpaired) electrons. The van der Waals surface area contributed by atoms with Crippen LogP contribution in [0.3, 0.4) is 0 Å². The molecule has 4 aliphatic rings. The number of nitrogens with one attached hydrogen (secondary N) is 2. The minimum atomic E-state index is -0.743. The molecule has 4 saturated heterocycles. The molecule has 0 spiro atoms. The number of unbranched alkanes of at least 4 members (excludes halogenated alkanes) is 4. The number of aliphatic hydroxyl groups excluding tert-OH is 1. The first-order valence-electron chi connectivity index (χ1n) is 21.7. The summed E-state index contributed by atoms with van der Waals surface area (Å²) in [6, 6.07) is 6.18. The number of terminal acetylenes is 1. The quantitative estimate of drug-likeness (QED) is 0.0958. The number of piperazine rings is 2. The summed E-state index contributed by atoms with van der Waals surface area (Å²) in [6.45, 7) is 7.98. The molecule has 14 nitrogen and oxygen atoms in total. The summed E-state index contributed by atoms with van der Waals surface area (Å²) in [4.78, 5) is 46.9. The van der Waals surface area contributed by atoms with Crippen molar-refractivity contribution in [2.75, 3.05) is 83.5 Å². The molecule has 2 unspecified atom stereocenters. The van der Waals surface area contributed by atoms with Crippen molar-refractivity contribution >= 4 is 39.3 Å². The van der Waals surface area contributed by atoms with Gasteiger partial charge < -0.3 is 40.3 Å². The van der Waals surface area contributed by atoms with Gasteiger partial charge in [-0.05, 0) is 62.2 Å². The molecule has 3 atom stereocenters. The highest BCUT2D eigenvalue weighted by Crippen LogP contribution is 2.39. The van der Waals surface area contributed by atoms with E-state index in [1.807, 2.05) is 0 Å². The number of aromatic nitrogens is 3. The molecular weight excluding hydrogens is 785 g/mol. The van der Waals surface area contributed by atoms with Gasteiger partial charge in [-0.1, -0.05) is 31.2 Å². The number of hydrogen-bond acceptors (Lipinski definition) is 12. The first-order chi connectivity index (χ1) is 29.6. The summed E-state index contributed by atoms with van der Waals surface area (Å²) in [6.07, 6.45) is 14.9. The number of phenolic OH excluding ortho intramolecular Hbond substituents is 1. The van der Waals surface area contributed by atoms with E-state index in [0.717, 1.165) is 77.7 Å². The summed E-state index contributed by atoms with van der Waals surface area (Å²) < 4.78 is 38.0. The number of ether oxygens (including phenoxy) is 1. The number of β-amino-alcohol motifs (C(OH)–C–C–N with tert-alkyl or cyclic N) is 1. The fourth-order valence-electron chi connectivity index (χ4n) is 9.23. The highest BCUT2D eigenvalue weighted by Gasteiger charge is 2.34. The van der Waals surface area contributed by atoms with Gasteiger partial charge in [-0.25, -0.2) is 8.78 Å². The van der Waals surface area contributed by atoms with Crippen molar-refractivity contribution in [3.8, 4) is 35.4 Å². The topological polar surface area (TPSA) is 160 Å². The van der Waals surface area contributed by atoms with Crippen LogP contribution in [0, 0.1) is 24.0 Å². The molecule has 0 saturated carbocycles. The van der Waals surface area contributed by atoms with Crippen molar-refractivity contribution in [1.82, 2.24) is 40.3 Å². The van der Waals surface area contributed by atoms with Gasteiger partial charge in [-0.3, -0.25) is 19.5 Å². The molecule has 4 aliphatic heterocycles. The van der Waals surface area contributed by atoms with Crippen LogP contribution >= 0.6 is 0 Å². The first kappa shape index (κ1) is 42.5. The van der Waals surface area contributed by atoms with E-state index >= 15 is 4.39 Å². The largest absolute Gasteiger partial charge is 0.508 e. The predicted octanol–water partition coefficient (Wildman–Crippen LogP) is 3.80. The summed E-state index contributed by atoms with van der Waals surface area (Å²) >= 11 is 0. The zero-order valence-electron chi connectivity index (χ0n) is 34.6. The zero-order chi connectivity index (χ0) is 42.5. The summed E-state index contributed by atoms with van der Waals surface area (Å²) in [7, 11) is 0. The molecule has 324 valence electrons. The van der Waals surface area contributed by atoms with Crippen LogP contribution in [-0.2, 0) is 9.59 Å². The number of carbonyl (C=O) groups is 2. The Kier molecular flexibility index (Phi) is 13.4. The van der Waals surface area contributed by atoms with Gasteiger partial charge in [0.05, 0.1) is 23.6 Å². The van der Waals surface area contributed by atoms with E-state index in [0.29, 0.717) is 80.8 Å². The maximum atomic E-state index is 16.9. The number of benzene rings is 2. The number of hydrogen-bond donors (Lipinski definition) is 4. The van der Waals surface area contributed by atoms with Crippen LogP contribution in [0.2, 0.25) is 0 Å². The van der Waals surface area contributed by atoms with E-state index < -0.39 is 17.7 Å². The second-order valence-corrected chi connectivity index (χ2v) is 16.8. The van der Waals surface area contributed by atoms with Crippen molar-refractivity contribution in [1.29, 1.82) is 0 Å². The maximum absolute atomic E-state index is 16.9. The number of halogens is 2. The number of fused-ring (bicyclic) bond motifs is 4. The van der Waals surface area contributed by atoms with Crippen LogP contribution in [0.1, 0.15) is 63.4 Å². The second-order valence-electron chi connectivity index (χ2n) is 16.8. The number of nitrogens with zero attached hydrogens (tertiary/aromatic N) is 7. The Morgan fingerprint density at radius 3 is 2.41 bits per heavy atom. The third kappa shape index (κ3) is 9.96. The maximum Gasteiger partial charge on any atom is 0.319 e. The SMILES string of the molecule is C#Cc1c(F)ccc2cc(O)cc(-c3ncc4c(N5CC6CCC(C5)N6)nc(OCCN5CCN(CCCCCCCC(=O)NCC(=O)N6CC[C@@H](O)C6)CC5)nc4c3F)c12. The van der Waals surface area contributed by atoms with Crippen LogP contribution in [-0.4, -0.2) is 148 Å². The standard InChI is InChI=1S/C45H55F2N9O5/c1-2-34-37(46)12-9-29-22-33(58)23-35(40(29)34)42-41(47)43-36(24-49-42)44(56-26-30-10-11-31(27-56)50-30)52-45(51-43)61-21-20-54-18-16-53(17-19-54)14-7-5-3-4-6-8-38(59)48-25-39(60)55-15-13-32(57)28-55/h1,9,12,22-24,30-32,50,57-58H,3-8,10-11,13-21,25-28H2,(H,48,59)/t30?,31?,32-/m1/s1. The first-order valence-corrected chi connectivity index (χ1v) is 21.7. The van der Waals surface area contributed by atoms with Gasteiger partial charge in [0, 0.05) is 94.6 Å². The van der Waals surface area contributed by atoms with E-state index in [1.54, 1.807) is 11.1 Å². The molecule has 6 heterocycles. The van der Waals surface area contributed by atoms with Crippen LogP contribution in [0.25, 0.3) is 32.9 Å². The number of carbonyl (C=O) groups excluding carboxylic acids is 2. The van der Waals surface area contributed by atoms with Crippen LogP contribution < -0.4 is 20.3 Å². The number of anilines is 1. The number of aliphatic hydroxyl groups is 1. The van der Waals surface area contributed by atoms with Crippen LogP contribution in [0.4, 0.5) is 14.6 Å². The van der Waals surface area contributed by atoms with Crippen molar-refractivity contribution in [2.24, 2.45) is 0 Å². The lowest BCUT2D eigenvalue weighted by molar-refractivity contribution is -0.132. The van der Waals surface area contributed by atoms with Crippen molar-refractivity contribution < 1.29 is 33.3 Å². The number of likely N-dealkylation sites (tertiary alicyclic amines) is 1. The normalized spacial score (nSPS) is 20.7. The van der Waals surface area contributed by atoms with Crippen molar-refractivity contribution in [3.05, 3.63) is 47.7 Å². The number of pyridine rings is 1. The summed E-state index contributed by atoms with van der Waals surface area (Å²) in [5.41, 5.74) is 0.0237. The van der Waals surface area contributed by atoms with Crippen molar-refractivity contribution in [3.63, 3.8) is 0 Å². The Balaban J connectivity index is 0.838. The Hall–Kier alpha value is -5.21. The predicted molar refractivity (Wildman–Crippen MR) is 228 cm³/mol. The average Bonchev–Trinajstić information content (AvgIpc) is 3.85. The molecule has 2 bridgehead atoms. The number of aromatic hydroxyl groups is 1. The lowest BCUT2D eigenvalue weighted by Gasteiger charge is -2.35. The Morgan fingerprint density at radius 1 is 0.934 bits per heavy atom. The van der Waals surface area contributed by atoms with Gasteiger partial charge in [0.2, 0.25) is 11.8 Å². The van der Waals surface area contributed by atoms with E-state index in [1.165, 1.54) is 24.3 Å².